The Kier molecular flexibility index (Phi) is 5.49. The van der Waals surface area contributed by atoms with Gasteiger partial charge in [-0.3, -0.25) is 0 Å². The molecule has 1 fully saturated rings. The number of ether oxygens (including phenoxy) is 1. The third-order valence-corrected chi connectivity index (χ3v) is 3.51. The molecule has 0 aliphatic carbocycles. The van der Waals surface area contributed by atoms with Crippen LogP contribution in [0.3, 0.4) is 0 Å². The number of benzene rings is 1. The third-order valence-electron chi connectivity index (χ3n) is 3.51. The van der Waals surface area contributed by atoms with Gasteiger partial charge in [-0.2, -0.15) is 0 Å². The molecule has 1 saturated heterocycles. The van der Waals surface area contributed by atoms with Crippen LogP contribution in [0.15, 0.2) is 24.3 Å². The summed E-state index contributed by atoms with van der Waals surface area (Å²) in [6.07, 6.45) is 3.65. The van der Waals surface area contributed by atoms with Gasteiger partial charge in [0.2, 0.25) is 0 Å². The van der Waals surface area contributed by atoms with Crippen LogP contribution in [0.25, 0.3) is 0 Å². The minimum atomic E-state index is 0.964. The second-order valence-electron chi connectivity index (χ2n) is 4.90. The summed E-state index contributed by atoms with van der Waals surface area (Å²) in [4.78, 5) is 2.57. The van der Waals surface area contributed by atoms with Crippen molar-refractivity contribution in [3.8, 4) is 5.75 Å². The molecule has 0 bridgehead atoms. The quantitative estimate of drug-likeness (QED) is 0.861. The molecule has 1 aliphatic rings. The van der Waals surface area contributed by atoms with E-state index in [1.165, 1.54) is 44.6 Å². The zero-order valence-electron chi connectivity index (χ0n) is 11.3. The van der Waals surface area contributed by atoms with Crippen LogP contribution in [0.5, 0.6) is 5.75 Å². The predicted molar refractivity (Wildman–Crippen MR) is 75.2 cm³/mol. The van der Waals surface area contributed by atoms with E-state index in [1.807, 2.05) is 6.07 Å². The van der Waals surface area contributed by atoms with Crippen LogP contribution in [0, 0.1) is 0 Å². The molecule has 0 amide bonds. The van der Waals surface area contributed by atoms with Gasteiger partial charge in [-0.15, -0.1) is 0 Å². The molecule has 3 heteroatoms. The number of nitrogens with one attached hydrogen (secondary N) is 1. The second-order valence-corrected chi connectivity index (χ2v) is 4.90. The summed E-state index contributed by atoms with van der Waals surface area (Å²) in [5, 5.41) is 3.44. The van der Waals surface area contributed by atoms with Crippen LogP contribution < -0.4 is 10.1 Å². The lowest BCUT2D eigenvalue weighted by Gasteiger charge is -2.19. The van der Waals surface area contributed by atoms with Gasteiger partial charge in [-0.25, -0.2) is 0 Å². The number of nitrogens with zero attached hydrogens (tertiary/aromatic N) is 1. The average molecular weight is 248 g/mol. The van der Waals surface area contributed by atoms with E-state index in [2.05, 4.69) is 28.4 Å². The molecular weight excluding hydrogens is 224 g/mol. The molecule has 1 aromatic carbocycles. The van der Waals surface area contributed by atoms with Crippen LogP contribution in [0.4, 0.5) is 0 Å². The number of hydrogen-bond acceptors (Lipinski definition) is 3. The molecule has 1 aromatic rings. The van der Waals surface area contributed by atoms with Crippen molar-refractivity contribution in [1.29, 1.82) is 0 Å². The van der Waals surface area contributed by atoms with Gasteiger partial charge in [0, 0.05) is 13.1 Å². The zero-order valence-corrected chi connectivity index (χ0v) is 11.3. The molecule has 0 unspecified atom stereocenters. The monoisotopic (exact) mass is 248 g/mol. The summed E-state index contributed by atoms with van der Waals surface area (Å²) < 4.78 is 5.25. The van der Waals surface area contributed by atoms with Gasteiger partial charge in [-0.05, 0) is 56.6 Å². The maximum absolute atomic E-state index is 5.25. The molecule has 100 valence electrons. The summed E-state index contributed by atoms with van der Waals surface area (Å²) in [5.41, 5.74) is 1.38. The van der Waals surface area contributed by atoms with Crippen molar-refractivity contribution in [2.45, 2.75) is 19.3 Å². The van der Waals surface area contributed by atoms with Crippen LogP contribution >= 0.6 is 0 Å². The fourth-order valence-corrected chi connectivity index (χ4v) is 2.46. The van der Waals surface area contributed by atoms with E-state index in [9.17, 15) is 0 Å². The minimum absolute atomic E-state index is 0.964. The van der Waals surface area contributed by atoms with Gasteiger partial charge in [0.05, 0.1) is 7.11 Å². The Labute approximate surface area is 110 Å². The topological polar surface area (TPSA) is 24.5 Å². The highest BCUT2D eigenvalue weighted by Crippen LogP contribution is 2.14. The van der Waals surface area contributed by atoms with Crippen molar-refractivity contribution in [2.75, 3.05) is 39.8 Å². The predicted octanol–water partition coefficient (Wildman–Crippen LogP) is 1.92. The summed E-state index contributed by atoms with van der Waals surface area (Å²) >= 11 is 0. The van der Waals surface area contributed by atoms with E-state index >= 15 is 0 Å². The highest BCUT2D eigenvalue weighted by Gasteiger charge is 2.07. The Morgan fingerprint density at radius 2 is 2.22 bits per heavy atom. The largest absolute Gasteiger partial charge is 0.497 e. The molecular formula is C15H24N2O. The van der Waals surface area contributed by atoms with Gasteiger partial charge >= 0.3 is 0 Å². The van der Waals surface area contributed by atoms with E-state index in [0.29, 0.717) is 0 Å². The van der Waals surface area contributed by atoms with Crippen molar-refractivity contribution < 1.29 is 4.74 Å². The summed E-state index contributed by atoms with van der Waals surface area (Å²) in [7, 11) is 1.73. The first-order chi connectivity index (χ1) is 8.88. The lowest BCUT2D eigenvalue weighted by Crippen LogP contribution is -2.29. The van der Waals surface area contributed by atoms with Gasteiger partial charge in [0.25, 0.3) is 0 Å². The zero-order chi connectivity index (χ0) is 12.6. The van der Waals surface area contributed by atoms with E-state index in [1.54, 1.807) is 7.11 Å². The van der Waals surface area contributed by atoms with Crippen molar-refractivity contribution >= 4 is 0 Å². The van der Waals surface area contributed by atoms with E-state index in [-0.39, 0.29) is 0 Å². The standard InChI is InChI=1S/C15H24N2O/c1-18-15-7-2-5-14(13-15)6-3-10-17-11-4-8-16-9-12-17/h2,5,7,13,16H,3-4,6,8-12H2,1H3. The maximum Gasteiger partial charge on any atom is 0.119 e. The number of aryl methyl sites for hydroxylation is 1. The Morgan fingerprint density at radius 1 is 1.28 bits per heavy atom. The Balaban J connectivity index is 1.73. The van der Waals surface area contributed by atoms with Crippen molar-refractivity contribution in [3.63, 3.8) is 0 Å². The molecule has 3 nitrogen and oxygen atoms in total. The first kappa shape index (κ1) is 13.4. The SMILES string of the molecule is COc1cccc(CCCN2CCCNCC2)c1. The van der Waals surface area contributed by atoms with Gasteiger partial charge in [0.15, 0.2) is 0 Å². The smallest absolute Gasteiger partial charge is 0.119 e. The molecule has 1 aliphatic heterocycles. The van der Waals surface area contributed by atoms with Crippen molar-refractivity contribution in [2.24, 2.45) is 0 Å². The highest BCUT2D eigenvalue weighted by molar-refractivity contribution is 5.28. The first-order valence-electron chi connectivity index (χ1n) is 6.94. The van der Waals surface area contributed by atoms with Gasteiger partial charge < -0.3 is 15.0 Å². The average Bonchev–Trinajstić information content (AvgIpc) is 2.68. The molecule has 0 atom stereocenters. The Bertz CT molecular complexity index is 346. The van der Waals surface area contributed by atoms with Gasteiger partial charge in [-0.1, -0.05) is 12.1 Å². The molecule has 1 heterocycles. The van der Waals surface area contributed by atoms with E-state index in [0.717, 1.165) is 18.7 Å². The van der Waals surface area contributed by atoms with Crippen LogP contribution in [0.1, 0.15) is 18.4 Å². The van der Waals surface area contributed by atoms with Gasteiger partial charge in [0.1, 0.15) is 5.75 Å². The Morgan fingerprint density at radius 3 is 3.11 bits per heavy atom. The summed E-state index contributed by atoms with van der Waals surface area (Å²) in [6.45, 7) is 5.95. The Hall–Kier alpha value is -1.06. The van der Waals surface area contributed by atoms with Crippen molar-refractivity contribution in [1.82, 2.24) is 10.2 Å². The number of rotatable bonds is 5. The molecule has 0 radical (unpaired) electrons. The molecule has 1 N–H and O–H groups in total. The second kappa shape index (κ2) is 7.39. The number of hydrogen-bond donors (Lipinski definition) is 1. The molecule has 0 spiro atoms. The lowest BCUT2D eigenvalue weighted by molar-refractivity contribution is 0.289. The van der Waals surface area contributed by atoms with E-state index in [4.69, 9.17) is 4.74 Å². The van der Waals surface area contributed by atoms with Crippen LogP contribution in [-0.2, 0) is 6.42 Å². The molecule has 0 aromatic heterocycles. The van der Waals surface area contributed by atoms with Crippen LogP contribution in [-0.4, -0.2) is 44.7 Å². The fraction of sp³-hybridized carbons (Fsp3) is 0.600. The molecule has 18 heavy (non-hydrogen) atoms. The third kappa shape index (κ3) is 4.31. The maximum atomic E-state index is 5.25. The normalized spacial score (nSPS) is 17.4. The van der Waals surface area contributed by atoms with Crippen molar-refractivity contribution in [3.05, 3.63) is 29.8 Å². The lowest BCUT2D eigenvalue weighted by atomic mass is 10.1. The highest BCUT2D eigenvalue weighted by atomic mass is 16.5. The summed E-state index contributed by atoms with van der Waals surface area (Å²) in [5.74, 6) is 0.964. The molecule has 2 rings (SSSR count). The summed E-state index contributed by atoms with van der Waals surface area (Å²) in [6, 6.07) is 8.41. The first-order valence-corrected chi connectivity index (χ1v) is 6.94. The molecule has 0 saturated carbocycles. The number of methoxy groups -OCH3 is 1. The van der Waals surface area contributed by atoms with E-state index < -0.39 is 0 Å². The minimum Gasteiger partial charge on any atom is -0.497 e. The van der Waals surface area contributed by atoms with Crippen LogP contribution in [0.2, 0.25) is 0 Å². The fourth-order valence-electron chi connectivity index (χ4n) is 2.46.